The Hall–Kier alpha value is -2.37. The molecule has 6 nitrogen and oxygen atoms in total. The van der Waals surface area contributed by atoms with Crippen LogP contribution in [-0.4, -0.2) is 35.3 Å². The Kier molecular flexibility index (Phi) is 3.37. The minimum atomic E-state index is -0.571. The van der Waals surface area contributed by atoms with E-state index in [1.54, 1.807) is 12.1 Å². The molecule has 1 saturated heterocycles. The highest BCUT2D eigenvalue weighted by molar-refractivity contribution is 6.05. The highest BCUT2D eigenvalue weighted by Crippen LogP contribution is 2.30. The first-order chi connectivity index (χ1) is 10.1. The summed E-state index contributed by atoms with van der Waals surface area (Å²) in [5.74, 6) is -0.117. The number of benzene rings is 1. The largest absolute Gasteiger partial charge is 0.494 e. The molecular weight excluding hydrogens is 272 g/mol. The standard InChI is InChI=1S/C15H16N2O4/c1-2-21-10-3-4-11-9(7-10)8-17(15(11)20)12-5-6-13(18)16-14(12)19/h3-4,7,12H,2,5-6,8H2,1H3,(H,16,18,19). The van der Waals surface area contributed by atoms with Crippen molar-refractivity contribution >= 4 is 17.7 Å². The Morgan fingerprint density at radius 1 is 1.33 bits per heavy atom. The highest BCUT2D eigenvalue weighted by atomic mass is 16.5. The van der Waals surface area contributed by atoms with E-state index in [1.165, 1.54) is 4.90 Å². The maximum absolute atomic E-state index is 12.4. The maximum atomic E-state index is 12.4. The molecule has 3 amide bonds. The number of nitrogens with zero attached hydrogens (tertiary/aromatic N) is 1. The van der Waals surface area contributed by atoms with Gasteiger partial charge in [0.15, 0.2) is 0 Å². The number of amides is 3. The molecule has 1 atom stereocenters. The van der Waals surface area contributed by atoms with E-state index in [4.69, 9.17) is 4.74 Å². The van der Waals surface area contributed by atoms with Gasteiger partial charge in [0, 0.05) is 18.5 Å². The van der Waals surface area contributed by atoms with Crippen molar-refractivity contribution < 1.29 is 19.1 Å². The number of hydrogen-bond acceptors (Lipinski definition) is 4. The second-order valence-corrected chi connectivity index (χ2v) is 5.15. The van der Waals surface area contributed by atoms with E-state index in [0.717, 1.165) is 5.56 Å². The van der Waals surface area contributed by atoms with Gasteiger partial charge in [0.05, 0.1) is 6.61 Å². The van der Waals surface area contributed by atoms with Crippen LogP contribution in [0.1, 0.15) is 35.7 Å². The number of nitrogens with one attached hydrogen (secondary N) is 1. The molecule has 0 bridgehead atoms. The lowest BCUT2D eigenvalue weighted by Crippen LogP contribution is -2.52. The van der Waals surface area contributed by atoms with Gasteiger partial charge in [0.25, 0.3) is 5.91 Å². The normalized spacial score (nSPS) is 21.3. The predicted octanol–water partition coefficient (Wildman–Crippen LogP) is 0.846. The summed E-state index contributed by atoms with van der Waals surface area (Å²) in [5.41, 5.74) is 1.46. The van der Waals surface area contributed by atoms with Gasteiger partial charge >= 0.3 is 0 Å². The molecule has 1 aromatic rings. The summed E-state index contributed by atoms with van der Waals surface area (Å²) in [6, 6.07) is 4.75. The van der Waals surface area contributed by atoms with Crippen molar-refractivity contribution in [3.05, 3.63) is 29.3 Å². The minimum absolute atomic E-state index is 0.164. The van der Waals surface area contributed by atoms with Gasteiger partial charge in [-0.3, -0.25) is 19.7 Å². The van der Waals surface area contributed by atoms with Gasteiger partial charge in [-0.05, 0) is 37.1 Å². The zero-order valence-electron chi connectivity index (χ0n) is 11.7. The molecule has 1 fully saturated rings. The van der Waals surface area contributed by atoms with Gasteiger partial charge in [0.2, 0.25) is 11.8 Å². The zero-order valence-corrected chi connectivity index (χ0v) is 11.7. The zero-order chi connectivity index (χ0) is 15.0. The lowest BCUT2D eigenvalue weighted by molar-refractivity contribution is -0.136. The van der Waals surface area contributed by atoms with Crippen LogP contribution in [-0.2, 0) is 16.1 Å². The van der Waals surface area contributed by atoms with Crippen LogP contribution in [0.2, 0.25) is 0 Å². The first-order valence-corrected chi connectivity index (χ1v) is 7.00. The van der Waals surface area contributed by atoms with Crippen LogP contribution >= 0.6 is 0 Å². The quantitative estimate of drug-likeness (QED) is 0.837. The molecule has 6 heteroatoms. The van der Waals surface area contributed by atoms with Crippen LogP contribution in [0.4, 0.5) is 0 Å². The molecule has 0 saturated carbocycles. The number of carbonyl (C=O) groups excluding carboxylic acids is 3. The summed E-state index contributed by atoms with van der Waals surface area (Å²) in [6.07, 6.45) is 0.642. The summed E-state index contributed by atoms with van der Waals surface area (Å²) < 4.78 is 5.43. The first kappa shape index (κ1) is 13.6. The number of piperidine rings is 1. The maximum Gasteiger partial charge on any atom is 0.255 e. The van der Waals surface area contributed by atoms with Gasteiger partial charge in [-0.1, -0.05) is 0 Å². The van der Waals surface area contributed by atoms with E-state index in [2.05, 4.69) is 5.32 Å². The van der Waals surface area contributed by atoms with Crippen LogP contribution in [0, 0.1) is 0 Å². The van der Waals surface area contributed by atoms with Crippen molar-refractivity contribution in [1.82, 2.24) is 10.2 Å². The number of imide groups is 1. The molecule has 2 heterocycles. The SMILES string of the molecule is CCOc1ccc2c(c1)CN(C1CCC(=O)NC1=O)C2=O. The molecule has 3 rings (SSSR count). The molecule has 0 spiro atoms. The minimum Gasteiger partial charge on any atom is -0.494 e. The van der Waals surface area contributed by atoms with Crippen LogP contribution in [0.15, 0.2) is 18.2 Å². The smallest absolute Gasteiger partial charge is 0.255 e. The lowest BCUT2D eigenvalue weighted by atomic mass is 10.0. The Balaban J connectivity index is 1.83. The van der Waals surface area contributed by atoms with Crippen molar-refractivity contribution in [3.63, 3.8) is 0 Å². The van der Waals surface area contributed by atoms with E-state index in [0.29, 0.717) is 30.9 Å². The lowest BCUT2D eigenvalue weighted by Gasteiger charge is -2.29. The summed E-state index contributed by atoms with van der Waals surface area (Å²) in [7, 11) is 0. The highest BCUT2D eigenvalue weighted by Gasteiger charge is 2.39. The Morgan fingerprint density at radius 2 is 2.14 bits per heavy atom. The van der Waals surface area contributed by atoms with Crippen LogP contribution in [0.3, 0.4) is 0 Å². The third-order valence-corrected chi connectivity index (χ3v) is 3.81. The van der Waals surface area contributed by atoms with E-state index in [1.807, 2.05) is 13.0 Å². The monoisotopic (exact) mass is 288 g/mol. The fourth-order valence-corrected chi connectivity index (χ4v) is 2.81. The van der Waals surface area contributed by atoms with Crippen molar-refractivity contribution in [2.75, 3.05) is 6.61 Å². The molecule has 2 aliphatic rings. The van der Waals surface area contributed by atoms with Gasteiger partial charge in [-0.15, -0.1) is 0 Å². The molecule has 0 aliphatic carbocycles. The number of carbonyl (C=O) groups is 3. The van der Waals surface area contributed by atoms with Gasteiger partial charge < -0.3 is 9.64 Å². The van der Waals surface area contributed by atoms with Crippen molar-refractivity contribution in [3.8, 4) is 5.75 Å². The molecule has 21 heavy (non-hydrogen) atoms. The average Bonchev–Trinajstić information content (AvgIpc) is 2.76. The Labute approximate surface area is 122 Å². The molecule has 110 valence electrons. The molecule has 1 N–H and O–H groups in total. The van der Waals surface area contributed by atoms with E-state index in [-0.39, 0.29) is 18.2 Å². The van der Waals surface area contributed by atoms with E-state index in [9.17, 15) is 14.4 Å². The fraction of sp³-hybridized carbons (Fsp3) is 0.400. The van der Waals surface area contributed by atoms with Crippen molar-refractivity contribution in [2.24, 2.45) is 0 Å². The summed E-state index contributed by atoms with van der Waals surface area (Å²) in [5, 5.41) is 2.29. The van der Waals surface area contributed by atoms with Gasteiger partial charge in [-0.25, -0.2) is 0 Å². The number of hydrogen-bond donors (Lipinski definition) is 1. The van der Waals surface area contributed by atoms with Crippen molar-refractivity contribution in [2.45, 2.75) is 32.4 Å². The molecule has 1 unspecified atom stereocenters. The average molecular weight is 288 g/mol. The summed E-state index contributed by atoms with van der Waals surface area (Å²) in [4.78, 5) is 37.0. The fourth-order valence-electron chi connectivity index (χ4n) is 2.81. The number of fused-ring (bicyclic) bond motifs is 1. The molecular formula is C15H16N2O4. The predicted molar refractivity (Wildman–Crippen MR) is 73.7 cm³/mol. The summed E-state index contributed by atoms with van der Waals surface area (Å²) >= 11 is 0. The summed E-state index contributed by atoms with van der Waals surface area (Å²) in [6.45, 7) is 2.83. The molecule has 2 aliphatic heterocycles. The molecule has 0 radical (unpaired) electrons. The van der Waals surface area contributed by atoms with Gasteiger partial charge in [0.1, 0.15) is 11.8 Å². The van der Waals surface area contributed by atoms with Crippen molar-refractivity contribution in [1.29, 1.82) is 0 Å². The third kappa shape index (κ3) is 2.37. The first-order valence-electron chi connectivity index (χ1n) is 7.00. The van der Waals surface area contributed by atoms with E-state index < -0.39 is 11.9 Å². The van der Waals surface area contributed by atoms with Crippen LogP contribution in [0.5, 0.6) is 5.75 Å². The van der Waals surface area contributed by atoms with Gasteiger partial charge in [-0.2, -0.15) is 0 Å². The number of ether oxygens (including phenoxy) is 1. The Morgan fingerprint density at radius 3 is 2.86 bits per heavy atom. The topological polar surface area (TPSA) is 75.7 Å². The van der Waals surface area contributed by atoms with Crippen LogP contribution in [0.25, 0.3) is 0 Å². The van der Waals surface area contributed by atoms with E-state index >= 15 is 0 Å². The third-order valence-electron chi connectivity index (χ3n) is 3.81. The Bertz CT molecular complexity index is 626. The second-order valence-electron chi connectivity index (χ2n) is 5.15. The second kappa shape index (κ2) is 5.20. The number of rotatable bonds is 3. The van der Waals surface area contributed by atoms with Crippen LogP contribution < -0.4 is 10.1 Å². The molecule has 1 aromatic carbocycles. The molecule has 0 aromatic heterocycles.